The molecule has 0 aliphatic heterocycles. The summed E-state index contributed by atoms with van der Waals surface area (Å²) in [7, 11) is 3.56. The van der Waals surface area contributed by atoms with Gasteiger partial charge in [0.2, 0.25) is 0 Å². The summed E-state index contributed by atoms with van der Waals surface area (Å²) < 4.78 is 6.75. The van der Waals surface area contributed by atoms with E-state index >= 15 is 0 Å². The van der Waals surface area contributed by atoms with Gasteiger partial charge in [-0.15, -0.1) is 0 Å². The van der Waals surface area contributed by atoms with Crippen molar-refractivity contribution in [3.8, 4) is 0 Å². The number of hydrogen-bond donors (Lipinski definition) is 1. The second-order valence-electron chi connectivity index (χ2n) is 2.23. The van der Waals surface area contributed by atoms with E-state index in [0.29, 0.717) is 6.61 Å². The van der Waals surface area contributed by atoms with Gasteiger partial charge in [0, 0.05) is 20.4 Å². The summed E-state index contributed by atoms with van der Waals surface area (Å²) in [6.45, 7) is 1.50. The number of aromatic nitrogens is 2. The molecule has 1 aromatic heterocycles. The highest BCUT2D eigenvalue weighted by atomic mass is 16.5. The van der Waals surface area contributed by atoms with E-state index in [9.17, 15) is 0 Å². The number of rotatable bonds is 4. The summed E-state index contributed by atoms with van der Waals surface area (Å²) >= 11 is 0. The largest absolute Gasteiger partial charge is 0.386 e. The highest BCUT2D eigenvalue weighted by Crippen LogP contribution is 2.01. The van der Waals surface area contributed by atoms with Gasteiger partial charge in [0.05, 0.1) is 25.0 Å². The van der Waals surface area contributed by atoms with E-state index in [2.05, 4.69) is 10.4 Å². The number of methoxy groups -OCH3 is 1. The summed E-state index contributed by atoms with van der Waals surface area (Å²) in [5, 5.41) is 7.10. The van der Waals surface area contributed by atoms with Crippen LogP contribution in [0.25, 0.3) is 0 Å². The summed E-state index contributed by atoms with van der Waals surface area (Å²) in [5.41, 5.74) is 1.03. The number of nitrogens with zero attached hydrogens (tertiary/aromatic N) is 2. The van der Waals surface area contributed by atoms with E-state index < -0.39 is 0 Å². The molecule has 0 atom stereocenters. The lowest BCUT2D eigenvalue weighted by Crippen LogP contribution is -2.03. The van der Waals surface area contributed by atoms with E-state index in [4.69, 9.17) is 4.74 Å². The molecule has 1 aromatic rings. The predicted octanol–water partition coefficient (Wildman–Crippen LogP) is 0.571. The fourth-order valence-electron chi connectivity index (χ4n) is 0.800. The van der Waals surface area contributed by atoms with Gasteiger partial charge in [-0.05, 0) is 0 Å². The molecule has 11 heavy (non-hydrogen) atoms. The van der Waals surface area contributed by atoms with E-state index in [0.717, 1.165) is 12.2 Å². The highest BCUT2D eigenvalue weighted by molar-refractivity contribution is 5.36. The molecule has 0 amide bonds. The molecule has 1 heterocycles. The molecule has 4 nitrogen and oxygen atoms in total. The van der Waals surface area contributed by atoms with Gasteiger partial charge in [-0.1, -0.05) is 0 Å². The Hall–Kier alpha value is -1.03. The third-order valence-corrected chi connectivity index (χ3v) is 1.45. The van der Waals surface area contributed by atoms with Crippen LogP contribution in [0, 0.1) is 0 Å². The molecule has 62 valence electrons. The molecule has 0 saturated heterocycles. The smallest absolute Gasteiger partial charge is 0.0723 e. The quantitative estimate of drug-likeness (QED) is 0.691. The van der Waals surface area contributed by atoms with Crippen molar-refractivity contribution in [2.24, 2.45) is 0 Å². The van der Waals surface area contributed by atoms with Gasteiger partial charge in [0.1, 0.15) is 0 Å². The third kappa shape index (κ3) is 2.23. The van der Waals surface area contributed by atoms with E-state index in [1.807, 2.05) is 17.9 Å². The van der Waals surface area contributed by atoms with Crippen LogP contribution in [-0.4, -0.2) is 30.5 Å². The molecule has 0 aliphatic carbocycles. The van der Waals surface area contributed by atoms with Crippen LogP contribution in [0.5, 0.6) is 0 Å². The van der Waals surface area contributed by atoms with Gasteiger partial charge in [0.25, 0.3) is 0 Å². The van der Waals surface area contributed by atoms with Crippen LogP contribution in [0.15, 0.2) is 12.4 Å². The van der Waals surface area contributed by atoms with Crippen LogP contribution >= 0.6 is 0 Å². The lowest BCUT2D eigenvalue weighted by molar-refractivity contribution is 0.183. The van der Waals surface area contributed by atoms with Crippen molar-refractivity contribution >= 4 is 5.69 Å². The maximum atomic E-state index is 4.91. The van der Waals surface area contributed by atoms with Crippen LogP contribution in [0.1, 0.15) is 0 Å². The molecule has 1 rings (SSSR count). The van der Waals surface area contributed by atoms with Crippen LogP contribution < -0.4 is 5.32 Å². The minimum atomic E-state index is 0.699. The Morgan fingerprint density at radius 2 is 2.55 bits per heavy atom. The van der Waals surface area contributed by atoms with Crippen LogP contribution in [0.3, 0.4) is 0 Å². The lowest BCUT2D eigenvalue weighted by Gasteiger charge is -1.97. The van der Waals surface area contributed by atoms with Crippen molar-refractivity contribution in [1.82, 2.24) is 9.78 Å². The van der Waals surface area contributed by atoms with Gasteiger partial charge in [-0.25, -0.2) is 0 Å². The Kier molecular flexibility index (Phi) is 2.92. The molecule has 0 aliphatic rings. The zero-order chi connectivity index (χ0) is 8.10. The molecule has 0 saturated carbocycles. The predicted molar refractivity (Wildman–Crippen MR) is 43.6 cm³/mol. The third-order valence-electron chi connectivity index (χ3n) is 1.45. The van der Waals surface area contributed by atoms with Crippen molar-refractivity contribution in [1.29, 1.82) is 0 Å². The van der Waals surface area contributed by atoms with E-state index in [1.165, 1.54) is 0 Å². The summed E-state index contributed by atoms with van der Waals surface area (Å²) in [4.78, 5) is 0. The molecule has 0 aromatic carbocycles. The van der Waals surface area contributed by atoms with Crippen molar-refractivity contribution in [2.45, 2.75) is 6.54 Å². The lowest BCUT2D eigenvalue weighted by atomic mass is 10.6. The van der Waals surface area contributed by atoms with Gasteiger partial charge in [-0.3, -0.25) is 4.68 Å². The van der Waals surface area contributed by atoms with Crippen molar-refractivity contribution in [3.05, 3.63) is 12.4 Å². The van der Waals surface area contributed by atoms with Crippen molar-refractivity contribution < 1.29 is 4.74 Å². The molecular weight excluding hydrogens is 142 g/mol. The van der Waals surface area contributed by atoms with Crippen molar-refractivity contribution in [3.63, 3.8) is 0 Å². The maximum absolute atomic E-state index is 4.91. The molecular formula is C7H13N3O. The molecule has 1 N–H and O–H groups in total. The van der Waals surface area contributed by atoms with E-state index in [1.54, 1.807) is 13.3 Å². The zero-order valence-corrected chi connectivity index (χ0v) is 6.87. The fourth-order valence-corrected chi connectivity index (χ4v) is 0.800. The average Bonchev–Trinajstić information content (AvgIpc) is 2.48. The monoisotopic (exact) mass is 155 g/mol. The standard InChI is InChI=1S/C7H13N3O/c1-8-7-5-9-10(6-7)3-4-11-2/h5-6,8H,3-4H2,1-2H3. The first-order valence-corrected chi connectivity index (χ1v) is 3.56. The second-order valence-corrected chi connectivity index (χ2v) is 2.23. The zero-order valence-electron chi connectivity index (χ0n) is 6.87. The first-order chi connectivity index (χ1) is 5.36. The topological polar surface area (TPSA) is 39.1 Å². The Labute approximate surface area is 66.2 Å². The molecule has 0 spiro atoms. The Bertz CT molecular complexity index is 209. The number of hydrogen-bond acceptors (Lipinski definition) is 3. The minimum absolute atomic E-state index is 0.699. The summed E-state index contributed by atoms with van der Waals surface area (Å²) in [6.07, 6.45) is 3.73. The SMILES string of the molecule is CNc1cnn(CCOC)c1. The molecule has 0 fully saturated rings. The molecule has 0 radical (unpaired) electrons. The van der Waals surface area contributed by atoms with Gasteiger partial charge in [-0.2, -0.15) is 5.10 Å². The van der Waals surface area contributed by atoms with Crippen LogP contribution in [0.2, 0.25) is 0 Å². The normalized spacial score (nSPS) is 10.0. The first kappa shape index (κ1) is 8.07. The molecule has 0 unspecified atom stereocenters. The van der Waals surface area contributed by atoms with Gasteiger partial charge in [0.15, 0.2) is 0 Å². The van der Waals surface area contributed by atoms with Crippen molar-refractivity contribution in [2.75, 3.05) is 26.1 Å². The number of anilines is 1. The Morgan fingerprint density at radius 3 is 3.09 bits per heavy atom. The van der Waals surface area contributed by atoms with Gasteiger partial charge >= 0.3 is 0 Å². The first-order valence-electron chi connectivity index (χ1n) is 3.56. The number of nitrogens with one attached hydrogen (secondary N) is 1. The van der Waals surface area contributed by atoms with E-state index in [-0.39, 0.29) is 0 Å². The fraction of sp³-hybridized carbons (Fsp3) is 0.571. The molecule has 0 bridgehead atoms. The Morgan fingerprint density at radius 1 is 1.73 bits per heavy atom. The number of ether oxygens (including phenoxy) is 1. The highest BCUT2D eigenvalue weighted by Gasteiger charge is 1.93. The molecule has 4 heteroatoms. The van der Waals surface area contributed by atoms with Crippen LogP contribution in [-0.2, 0) is 11.3 Å². The minimum Gasteiger partial charge on any atom is -0.386 e. The second kappa shape index (κ2) is 3.98. The average molecular weight is 155 g/mol. The van der Waals surface area contributed by atoms with Crippen LogP contribution in [0.4, 0.5) is 5.69 Å². The van der Waals surface area contributed by atoms with Gasteiger partial charge < -0.3 is 10.1 Å². The summed E-state index contributed by atoms with van der Waals surface area (Å²) in [5.74, 6) is 0. The summed E-state index contributed by atoms with van der Waals surface area (Å²) in [6, 6.07) is 0. The maximum Gasteiger partial charge on any atom is 0.0723 e. The Balaban J connectivity index is 2.44.